The van der Waals surface area contributed by atoms with Crippen molar-refractivity contribution >= 4 is 0 Å². The molecule has 0 saturated carbocycles. The van der Waals surface area contributed by atoms with Crippen LogP contribution in [-0.2, 0) is 9.47 Å². The van der Waals surface area contributed by atoms with Gasteiger partial charge in [0.05, 0.1) is 13.2 Å². The molecule has 0 bridgehead atoms. The summed E-state index contributed by atoms with van der Waals surface area (Å²) in [5, 5.41) is 3.31. The van der Waals surface area contributed by atoms with Crippen LogP contribution in [0, 0.1) is 0 Å². The summed E-state index contributed by atoms with van der Waals surface area (Å²) >= 11 is 0. The molecule has 66 valence electrons. The van der Waals surface area contributed by atoms with E-state index in [1.807, 2.05) is 6.92 Å². The van der Waals surface area contributed by atoms with Gasteiger partial charge in [0.25, 0.3) is 0 Å². The van der Waals surface area contributed by atoms with Crippen LogP contribution in [0.3, 0.4) is 0 Å². The van der Waals surface area contributed by atoms with Crippen LogP contribution in [-0.4, -0.2) is 32.6 Å². The van der Waals surface area contributed by atoms with Crippen LogP contribution < -0.4 is 5.32 Å². The quantitative estimate of drug-likeness (QED) is 0.565. The number of hydrogen-bond donors (Lipinski definition) is 1. The van der Waals surface area contributed by atoms with E-state index in [9.17, 15) is 0 Å². The molecule has 1 aliphatic heterocycles. The van der Waals surface area contributed by atoms with Gasteiger partial charge in [0.2, 0.25) is 0 Å². The normalized spacial score (nSPS) is 24.8. The van der Waals surface area contributed by atoms with Crippen LogP contribution in [0.2, 0.25) is 0 Å². The molecule has 0 amide bonds. The first-order valence-electron chi connectivity index (χ1n) is 4.33. The van der Waals surface area contributed by atoms with Gasteiger partial charge in [0, 0.05) is 0 Å². The third-order valence-corrected chi connectivity index (χ3v) is 1.70. The summed E-state index contributed by atoms with van der Waals surface area (Å²) in [6, 6.07) is 0. The van der Waals surface area contributed by atoms with Gasteiger partial charge < -0.3 is 14.8 Å². The van der Waals surface area contributed by atoms with Crippen LogP contribution >= 0.6 is 0 Å². The Morgan fingerprint density at radius 2 is 1.64 bits per heavy atom. The third-order valence-electron chi connectivity index (χ3n) is 1.70. The van der Waals surface area contributed by atoms with E-state index in [0.717, 1.165) is 39.1 Å². The van der Waals surface area contributed by atoms with Gasteiger partial charge in [-0.1, -0.05) is 0 Å². The Balaban J connectivity index is 2.12. The van der Waals surface area contributed by atoms with Gasteiger partial charge in [0.1, 0.15) is 0 Å². The van der Waals surface area contributed by atoms with E-state index < -0.39 is 0 Å². The number of nitrogens with one attached hydrogen (secondary N) is 1. The molecular weight excluding hydrogens is 142 g/mol. The molecule has 0 atom stereocenters. The number of rotatable bonds is 0. The van der Waals surface area contributed by atoms with Gasteiger partial charge in [-0.3, -0.25) is 0 Å². The molecular formula is C8H17NO2. The molecule has 3 heteroatoms. The Labute approximate surface area is 68.1 Å². The second-order valence-electron chi connectivity index (χ2n) is 2.77. The third kappa shape index (κ3) is 4.35. The summed E-state index contributed by atoms with van der Waals surface area (Å²) < 4.78 is 10.7. The molecule has 1 fully saturated rings. The predicted octanol–water partition coefficient (Wildman–Crippen LogP) is 0.749. The zero-order valence-electron chi connectivity index (χ0n) is 7.14. The molecule has 11 heavy (non-hydrogen) atoms. The molecule has 0 aromatic heterocycles. The van der Waals surface area contributed by atoms with Crippen LogP contribution in [0.15, 0.2) is 0 Å². The second-order valence-corrected chi connectivity index (χ2v) is 2.77. The van der Waals surface area contributed by atoms with E-state index in [0.29, 0.717) is 0 Å². The van der Waals surface area contributed by atoms with Crippen molar-refractivity contribution in [1.82, 2.24) is 5.32 Å². The van der Waals surface area contributed by atoms with Crippen LogP contribution in [0.25, 0.3) is 0 Å². The number of ether oxygens (including phenoxy) is 2. The highest BCUT2D eigenvalue weighted by atomic mass is 16.7. The first-order chi connectivity index (χ1) is 5.39. The highest BCUT2D eigenvalue weighted by molar-refractivity contribution is 4.50. The van der Waals surface area contributed by atoms with Gasteiger partial charge in [0.15, 0.2) is 6.29 Å². The van der Waals surface area contributed by atoms with E-state index in [1.165, 1.54) is 0 Å². The van der Waals surface area contributed by atoms with E-state index in [-0.39, 0.29) is 6.29 Å². The summed E-state index contributed by atoms with van der Waals surface area (Å²) in [4.78, 5) is 0. The molecule has 1 rings (SSSR count). The summed E-state index contributed by atoms with van der Waals surface area (Å²) in [6.45, 7) is 5.68. The van der Waals surface area contributed by atoms with E-state index in [1.54, 1.807) is 0 Å². The first kappa shape index (κ1) is 8.97. The van der Waals surface area contributed by atoms with E-state index in [2.05, 4.69) is 5.32 Å². The van der Waals surface area contributed by atoms with E-state index >= 15 is 0 Å². The Morgan fingerprint density at radius 3 is 2.18 bits per heavy atom. The average Bonchev–Trinajstić information content (AvgIpc) is 2.03. The Morgan fingerprint density at radius 1 is 1.09 bits per heavy atom. The van der Waals surface area contributed by atoms with Crippen LogP contribution in [0.1, 0.15) is 19.8 Å². The first-order valence-corrected chi connectivity index (χ1v) is 4.33. The maximum absolute atomic E-state index is 5.36. The molecule has 0 spiro atoms. The lowest BCUT2D eigenvalue weighted by atomic mass is 10.4. The minimum atomic E-state index is -0.0203. The monoisotopic (exact) mass is 159 g/mol. The zero-order chi connectivity index (χ0) is 7.94. The van der Waals surface area contributed by atoms with Gasteiger partial charge in [-0.2, -0.15) is 0 Å². The SMILES string of the molecule is CC1OCCCNCCCO1. The van der Waals surface area contributed by atoms with Crippen molar-refractivity contribution in [2.75, 3.05) is 26.3 Å². The lowest BCUT2D eigenvalue weighted by Crippen LogP contribution is -2.24. The van der Waals surface area contributed by atoms with Gasteiger partial charge in [-0.15, -0.1) is 0 Å². The maximum Gasteiger partial charge on any atom is 0.154 e. The maximum atomic E-state index is 5.36. The summed E-state index contributed by atoms with van der Waals surface area (Å²) in [7, 11) is 0. The average molecular weight is 159 g/mol. The molecule has 0 radical (unpaired) electrons. The fourth-order valence-electron chi connectivity index (χ4n) is 1.07. The predicted molar refractivity (Wildman–Crippen MR) is 43.5 cm³/mol. The van der Waals surface area contributed by atoms with Gasteiger partial charge >= 0.3 is 0 Å². The Hall–Kier alpha value is -0.120. The zero-order valence-corrected chi connectivity index (χ0v) is 7.14. The lowest BCUT2D eigenvalue weighted by Gasteiger charge is -2.16. The van der Waals surface area contributed by atoms with Crippen molar-refractivity contribution in [2.45, 2.75) is 26.1 Å². The highest BCUT2D eigenvalue weighted by Crippen LogP contribution is 1.97. The molecule has 0 unspecified atom stereocenters. The van der Waals surface area contributed by atoms with Crippen molar-refractivity contribution in [1.29, 1.82) is 0 Å². The standard InChI is InChI=1S/C8H17NO2/c1-8-10-6-2-4-9-5-3-7-11-8/h8-9H,2-7H2,1H3. The Kier molecular flexibility index (Phi) is 4.50. The lowest BCUT2D eigenvalue weighted by molar-refractivity contribution is -0.132. The molecule has 1 heterocycles. The van der Waals surface area contributed by atoms with Crippen molar-refractivity contribution in [2.24, 2.45) is 0 Å². The minimum absolute atomic E-state index is 0.0203. The molecule has 3 nitrogen and oxygen atoms in total. The molecule has 1 aliphatic rings. The van der Waals surface area contributed by atoms with Crippen molar-refractivity contribution < 1.29 is 9.47 Å². The van der Waals surface area contributed by atoms with Gasteiger partial charge in [-0.25, -0.2) is 0 Å². The van der Waals surface area contributed by atoms with Gasteiger partial charge in [-0.05, 0) is 32.9 Å². The van der Waals surface area contributed by atoms with Crippen LogP contribution in [0.4, 0.5) is 0 Å². The topological polar surface area (TPSA) is 30.5 Å². The molecule has 1 N–H and O–H groups in total. The summed E-state index contributed by atoms with van der Waals surface area (Å²) in [5.41, 5.74) is 0. The Bertz CT molecular complexity index is 88.1. The second kappa shape index (κ2) is 5.52. The van der Waals surface area contributed by atoms with Crippen molar-refractivity contribution in [3.8, 4) is 0 Å². The highest BCUT2D eigenvalue weighted by Gasteiger charge is 2.02. The number of hydrogen-bond acceptors (Lipinski definition) is 3. The smallest absolute Gasteiger partial charge is 0.154 e. The largest absolute Gasteiger partial charge is 0.353 e. The fourth-order valence-corrected chi connectivity index (χ4v) is 1.07. The van der Waals surface area contributed by atoms with Crippen molar-refractivity contribution in [3.63, 3.8) is 0 Å². The molecule has 0 aromatic carbocycles. The fraction of sp³-hybridized carbons (Fsp3) is 1.00. The summed E-state index contributed by atoms with van der Waals surface area (Å²) in [5.74, 6) is 0. The molecule has 1 saturated heterocycles. The summed E-state index contributed by atoms with van der Waals surface area (Å²) in [6.07, 6.45) is 2.13. The van der Waals surface area contributed by atoms with Crippen molar-refractivity contribution in [3.05, 3.63) is 0 Å². The molecule has 0 aromatic rings. The molecule has 0 aliphatic carbocycles. The van der Waals surface area contributed by atoms with Crippen LogP contribution in [0.5, 0.6) is 0 Å². The minimum Gasteiger partial charge on any atom is -0.353 e. The van der Waals surface area contributed by atoms with E-state index in [4.69, 9.17) is 9.47 Å².